The van der Waals surface area contributed by atoms with Crippen molar-refractivity contribution in [3.63, 3.8) is 0 Å². The van der Waals surface area contributed by atoms with Gasteiger partial charge in [-0.05, 0) is 23.3 Å². The Balaban J connectivity index is 3.07. The minimum absolute atomic E-state index is 0.782. The average Bonchev–Trinajstić information content (AvgIpc) is 1.88. The van der Waals surface area contributed by atoms with Crippen molar-refractivity contribution in [2.45, 2.75) is 0 Å². The fourth-order valence-electron chi connectivity index (χ4n) is 0.556. The van der Waals surface area contributed by atoms with Crippen molar-refractivity contribution in [3.05, 3.63) is 28.7 Å². The van der Waals surface area contributed by atoms with Crippen LogP contribution in [-0.2, 0) is 0 Å². The monoisotopic (exact) mass is 185 g/mol. The number of rotatable bonds is 1. The largest absolute Gasteiger partial charge is 0.152 e. The van der Waals surface area contributed by atoms with Gasteiger partial charge in [0.15, 0.2) is 0 Å². The Morgan fingerprint density at radius 3 is 2.67 bits per heavy atom. The molecule has 0 saturated carbocycles. The fraction of sp³-hybridized carbons (Fsp3) is 0. The summed E-state index contributed by atoms with van der Waals surface area (Å²) in [6, 6.07) is 7.50. The third-order valence-electron chi connectivity index (χ3n) is 0.957. The second kappa shape index (κ2) is 2.73. The van der Waals surface area contributed by atoms with Gasteiger partial charge in [0.05, 0.1) is 0 Å². The second-order valence-electron chi connectivity index (χ2n) is 1.61. The molecule has 1 aromatic rings. The summed E-state index contributed by atoms with van der Waals surface area (Å²) >= 11 is 3.29. The van der Waals surface area contributed by atoms with E-state index in [1.165, 1.54) is 0 Å². The Labute approximate surface area is 61.5 Å². The molecule has 0 fully saturated rings. The molecule has 0 aliphatic carbocycles. The zero-order chi connectivity index (χ0) is 6.69. The summed E-state index contributed by atoms with van der Waals surface area (Å²) in [5, 5.41) is 3.50. The molecule has 2 nitrogen and oxygen atoms in total. The van der Waals surface area contributed by atoms with E-state index in [1.807, 2.05) is 24.3 Å². The van der Waals surface area contributed by atoms with E-state index in [0.717, 1.165) is 10.2 Å². The van der Waals surface area contributed by atoms with Crippen molar-refractivity contribution in [1.82, 2.24) is 0 Å². The molecule has 1 rings (SSSR count). The maximum absolute atomic E-state index is 5.02. The van der Waals surface area contributed by atoms with Gasteiger partial charge >= 0.3 is 0 Å². The van der Waals surface area contributed by atoms with Gasteiger partial charge in [-0.3, -0.25) is 0 Å². The number of nitrogens with two attached hydrogens (primary N) is 1. The summed E-state index contributed by atoms with van der Waals surface area (Å²) in [5.74, 6) is 0. The maximum Gasteiger partial charge on any atom is 0.131 e. The van der Waals surface area contributed by atoms with Gasteiger partial charge in [0.2, 0.25) is 0 Å². The lowest BCUT2D eigenvalue weighted by Gasteiger charge is -1.86. The Bertz CT molecular complexity index is 222. The first-order valence-corrected chi connectivity index (χ1v) is 3.29. The van der Waals surface area contributed by atoms with Crippen LogP contribution < -0.4 is 5.53 Å². The van der Waals surface area contributed by atoms with Crippen LogP contribution in [0.3, 0.4) is 0 Å². The van der Waals surface area contributed by atoms with Crippen LogP contribution in [0.5, 0.6) is 0 Å². The van der Waals surface area contributed by atoms with Crippen LogP contribution in [0.25, 0.3) is 0 Å². The molecule has 0 saturated heterocycles. The molecular formula is C6H6BrN2+. The van der Waals surface area contributed by atoms with Crippen LogP contribution in [0.2, 0.25) is 0 Å². The molecule has 0 aliphatic rings. The lowest BCUT2D eigenvalue weighted by atomic mass is 10.3. The Morgan fingerprint density at radius 2 is 2.22 bits per heavy atom. The van der Waals surface area contributed by atoms with Gasteiger partial charge in [-0.15, -0.1) is 0 Å². The van der Waals surface area contributed by atoms with Gasteiger partial charge in [-0.25, -0.2) is 0 Å². The molecule has 0 atom stereocenters. The smallest absolute Gasteiger partial charge is 0.131 e. The predicted octanol–water partition coefficient (Wildman–Crippen LogP) is 1.29. The van der Waals surface area contributed by atoms with Gasteiger partial charge in [0, 0.05) is 4.47 Å². The maximum atomic E-state index is 5.02. The molecule has 0 aromatic heterocycles. The molecule has 0 bridgehead atoms. The van der Waals surface area contributed by atoms with E-state index in [-0.39, 0.29) is 0 Å². The minimum atomic E-state index is 0.782. The number of benzene rings is 1. The van der Waals surface area contributed by atoms with Crippen molar-refractivity contribution in [1.29, 1.82) is 0 Å². The highest BCUT2D eigenvalue weighted by Gasteiger charge is 1.89. The van der Waals surface area contributed by atoms with E-state index in [2.05, 4.69) is 21.0 Å². The third kappa shape index (κ3) is 1.61. The number of hydrogen-bond donors (Lipinski definition) is 1. The molecule has 46 valence electrons. The zero-order valence-corrected chi connectivity index (χ0v) is 6.30. The van der Waals surface area contributed by atoms with E-state index in [9.17, 15) is 0 Å². The van der Waals surface area contributed by atoms with E-state index in [4.69, 9.17) is 5.53 Å². The number of hydrogen-bond acceptors (Lipinski definition) is 1. The topological polar surface area (TPSA) is 38.0 Å². The number of nitrogens with zero attached hydrogens (tertiary/aromatic N) is 1. The van der Waals surface area contributed by atoms with Crippen LogP contribution in [-0.4, -0.2) is 0 Å². The summed E-state index contributed by atoms with van der Waals surface area (Å²) < 4.78 is 0.995. The van der Waals surface area contributed by atoms with Crippen LogP contribution in [0.15, 0.2) is 33.9 Å². The van der Waals surface area contributed by atoms with E-state index in [0.29, 0.717) is 0 Å². The van der Waals surface area contributed by atoms with Gasteiger partial charge in [-0.1, -0.05) is 22.0 Å². The van der Waals surface area contributed by atoms with E-state index in [1.54, 1.807) is 0 Å². The molecule has 0 aliphatic heterocycles. The first-order valence-electron chi connectivity index (χ1n) is 2.49. The third-order valence-corrected chi connectivity index (χ3v) is 1.45. The van der Waals surface area contributed by atoms with Gasteiger partial charge in [0.1, 0.15) is 5.69 Å². The lowest BCUT2D eigenvalue weighted by molar-refractivity contribution is -0.210. The van der Waals surface area contributed by atoms with Crippen LogP contribution in [0.4, 0.5) is 5.69 Å². The first-order chi connectivity index (χ1) is 4.33. The van der Waals surface area contributed by atoms with Crippen molar-refractivity contribution in [2.24, 2.45) is 5.11 Å². The minimum Gasteiger partial charge on any atom is -0.152 e. The number of halogens is 1. The highest BCUT2D eigenvalue weighted by molar-refractivity contribution is 9.10. The molecule has 0 spiro atoms. The van der Waals surface area contributed by atoms with Crippen molar-refractivity contribution in [2.75, 3.05) is 0 Å². The molecule has 2 N–H and O–H groups in total. The molecule has 0 amide bonds. The van der Waals surface area contributed by atoms with Crippen LogP contribution in [0.1, 0.15) is 0 Å². The average molecular weight is 186 g/mol. The van der Waals surface area contributed by atoms with Gasteiger partial charge in [0.25, 0.3) is 0 Å². The Hall–Kier alpha value is -0.700. The summed E-state index contributed by atoms with van der Waals surface area (Å²) in [6.45, 7) is 0. The van der Waals surface area contributed by atoms with Crippen LogP contribution in [0, 0.1) is 0 Å². The molecule has 3 heteroatoms. The molecule has 0 radical (unpaired) electrons. The zero-order valence-electron chi connectivity index (χ0n) is 4.71. The predicted molar refractivity (Wildman–Crippen MR) is 38.2 cm³/mol. The van der Waals surface area contributed by atoms with Gasteiger partial charge < -0.3 is 0 Å². The first kappa shape index (κ1) is 6.42. The summed E-state index contributed by atoms with van der Waals surface area (Å²) in [6.07, 6.45) is 0. The summed E-state index contributed by atoms with van der Waals surface area (Å²) in [4.78, 5) is 0. The highest BCUT2D eigenvalue weighted by atomic mass is 79.9. The van der Waals surface area contributed by atoms with E-state index < -0.39 is 0 Å². The normalized spacial score (nSPS) is 9.00. The molecule has 0 unspecified atom stereocenters. The highest BCUT2D eigenvalue weighted by Crippen LogP contribution is 2.16. The Kier molecular flexibility index (Phi) is 1.95. The fourth-order valence-corrected chi connectivity index (χ4v) is 0.944. The van der Waals surface area contributed by atoms with Crippen LogP contribution >= 0.6 is 15.9 Å². The summed E-state index contributed by atoms with van der Waals surface area (Å²) in [5.41, 5.74) is 5.80. The molecule has 9 heavy (non-hydrogen) atoms. The standard InChI is InChI=1S/C6H5BrN2/c7-5-2-1-3-6(4-5)9-8/h1-4,8H/p+1. The van der Waals surface area contributed by atoms with Gasteiger partial charge in [-0.2, -0.15) is 5.53 Å². The molecule has 1 aromatic carbocycles. The molecule has 0 heterocycles. The lowest BCUT2D eigenvalue weighted by Crippen LogP contribution is -2.21. The van der Waals surface area contributed by atoms with Crippen molar-refractivity contribution in [3.8, 4) is 0 Å². The molecular weight excluding hydrogens is 180 g/mol. The van der Waals surface area contributed by atoms with E-state index >= 15 is 0 Å². The SMILES string of the molecule is [NH2+]=Nc1cccc(Br)c1. The quantitative estimate of drug-likeness (QED) is 0.642. The van der Waals surface area contributed by atoms with Crippen molar-refractivity contribution < 1.29 is 5.53 Å². The van der Waals surface area contributed by atoms with Crippen molar-refractivity contribution >= 4 is 21.6 Å². The Morgan fingerprint density at radius 1 is 1.44 bits per heavy atom. The summed E-state index contributed by atoms with van der Waals surface area (Å²) in [7, 11) is 0. The second-order valence-corrected chi connectivity index (χ2v) is 2.52.